The van der Waals surface area contributed by atoms with Gasteiger partial charge in [-0.3, -0.25) is 34.1 Å². The van der Waals surface area contributed by atoms with Crippen molar-refractivity contribution in [1.82, 2.24) is 39.7 Å². The summed E-state index contributed by atoms with van der Waals surface area (Å²) >= 11 is 0. The first-order valence-corrected chi connectivity index (χ1v) is 20.0. The lowest BCUT2D eigenvalue weighted by molar-refractivity contribution is -0.136. The maximum atomic E-state index is 13.7. The zero-order valence-electron chi connectivity index (χ0n) is 32.1. The number of anilines is 3. The second-order valence-electron chi connectivity index (χ2n) is 15.5. The molecule has 3 saturated heterocycles. The number of benzene rings is 3. The van der Waals surface area contributed by atoms with Crippen LogP contribution in [-0.2, 0) is 9.59 Å². The van der Waals surface area contributed by atoms with Gasteiger partial charge in [0.15, 0.2) is 5.65 Å². The van der Waals surface area contributed by atoms with Crippen molar-refractivity contribution in [2.75, 3.05) is 41.7 Å². The van der Waals surface area contributed by atoms with E-state index in [1.54, 1.807) is 12.1 Å². The standard InChI is InChI=1S/C43H41N11O5/c44-39-37-38(26-9-11-31(12-10-26)59-30-5-2-1-3-6-30)49-54(40(37)46-25-45-39)28-17-19-50(20-18-28)29-23-47-52(24-29)27-15-21-51(22-16-27)33-8-4-7-32-36(33)43(58)53(42(32)57)34-13-14-35(55)48-41(34)56/h1-12,23-25,27-28,34H,13-22H2,(H2,44,45,46)(H,48,55,56). The number of hydrogen-bond acceptors (Lipinski definition) is 12. The van der Waals surface area contributed by atoms with Gasteiger partial charge < -0.3 is 20.3 Å². The first-order valence-electron chi connectivity index (χ1n) is 20.0. The highest BCUT2D eigenvalue weighted by molar-refractivity contribution is 6.25. The number of imide groups is 2. The molecular formula is C43H41N11O5. The Morgan fingerprint density at radius 2 is 1.47 bits per heavy atom. The van der Waals surface area contributed by atoms with E-state index in [2.05, 4.69) is 36.0 Å². The number of piperidine rings is 3. The van der Waals surface area contributed by atoms with Crippen LogP contribution in [0.3, 0.4) is 0 Å². The van der Waals surface area contributed by atoms with Crippen molar-refractivity contribution in [3.8, 4) is 22.8 Å². The number of para-hydroxylation sites is 1. The van der Waals surface area contributed by atoms with Gasteiger partial charge in [-0.05, 0) is 80.6 Å². The molecule has 16 heteroatoms. The van der Waals surface area contributed by atoms with Gasteiger partial charge in [0.2, 0.25) is 11.8 Å². The predicted molar refractivity (Wildman–Crippen MR) is 218 cm³/mol. The van der Waals surface area contributed by atoms with Crippen LogP contribution in [0.5, 0.6) is 11.5 Å². The maximum absolute atomic E-state index is 13.7. The molecule has 1 unspecified atom stereocenters. The van der Waals surface area contributed by atoms with Gasteiger partial charge in [0.25, 0.3) is 11.8 Å². The number of ether oxygens (including phenoxy) is 1. The Kier molecular flexibility index (Phi) is 9.02. The van der Waals surface area contributed by atoms with E-state index in [4.69, 9.17) is 20.7 Å². The van der Waals surface area contributed by atoms with Crippen LogP contribution in [0.15, 0.2) is 91.5 Å². The van der Waals surface area contributed by atoms with E-state index in [1.165, 1.54) is 6.33 Å². The molecule has 3 fully saturated rings. The van der Waals surface area contributed by atoms with E-state index in [-0.39, 0.29) is 24.9 Å². The molecule has 4 aliphatic rings. The SMILES string of the molecule is Nc1ncnc2c1c(-c1ccc(Oc3ccccc3)cc1)nn2C1CCN(c2cnn(C3CCN(c4cccc5c4C(=O)N(C4CCC(=O)NC4=O)C5=O)CC3)c2)CC1. The molecule has 0 aliphatic carbocycles. The largest absolute Gasteiger partial charge is 0.457 e. The minimum Gasteiger partial charge on any atom is -0.457 e. The summed E-state index contributed by atoms with van der Waals surface area (Å²) in [7, 11) is 0. The van der Waals surface area contributed by atoms with E-state index in [0.29, 0.717) is 35.7 Å². The summed E-state index contributed by atoms with van der Waals surface area (Å²) in [4.78, 5) is 65.9. The molecule has 10 rings (SSSR count). The van der Waals surface area contributed by atoms with Crippen molar-refractivity contribution in [2.24, 2.45) is 0 Å². The molecule has 59 heavy (non-hydrogen) atoms. The molecule has 4 aliphatic heterocycles. The molecule has 0 spiro atoms. The van der Waals surface area contributed by atoms with Gasteiger partial charge in [-0.1, -0.05) is 24.3 Å². The number of nitrogens with zero attached hydrogens (tertiary/aromatic N) is 9. The number of nitrogen functional groups attached to an aromatic ring is 1. The highest BCUT2D eigenvalue weighted by Gasteiger charge is 2.46. The lowest BCUT2D eigenvalue weighted by Crippen LogP contribution is -2.54. The minimum absolute atomic E-state index is 0.0796. The molecule has 0 bridgehead atoms. The Morgan fingerprint density at radius 3 is 2.24 bits per heavy atom. The van der Waals surface area contributed by atoms with E-state index in [9.17, 15) is 19.2 Å². The van der Waals surface area contributed by atoms with Gasteiger partial charge in [-0.15, -0.1) is 0 Å². The Labute approximate surface area is 338 Å². The van der Waals surface area contributed by atoms with Gasteiger partial charge >= 0.3 is 0 Å². The van der Waals surface area contributed by atoms with Gasteiger partial charge in [-0.25, -0.2) is 14.6 Å². The van der Waals surface area contributed by atoms with Crippen LogP contribution in [0.4, 0.5) is 17.2 Å². The lowest BCUT2D eigenvalue weighted by atomic mass is 10.0. The molecule has 4 amide bonds. The number of carbonyl (C=O) groups excluding carboxylic acids is 4. The molecule has 7 heterocycles. The lowest BCUT2D eigenvalue weighted by Gasteiger charge is -2.35. The van der Waals surface area contributed by atoms with Crippen molar-refractivity contribution in [1.29, 1.82) is 0 Å². The monoisotopic (exact) mass is 791 g/mol. The third-order valence-electron chi connectivity index (χ3n) is 12.0. The van der Waals surface area contributed by atoms with Crippen molar-refractivity contribution in [3.63, 3.8) is 0 Å². The molecule has 0 radical (unpaired) electrons. The molecule has 1 atom stereocenters. The van der Waals surface area contributed by atoms with Gasteiger partial charge in [0.1, 0.15) is 35.4 Å². The Hall–Kier alpha value is -7.10. The summed E-state index contributed by atoms with van der Waals surface area (Å²) in [5.74, 6) is -0.117. The first-order chi connectivity index (χ1) is 28.8. The number of aromatic nitrogens is 6. The second-order valence-corrected chi connectivity index (χ2v) is 15.5. The van der Waals surface area contributed by atoms with Crippen LogP contribution >= 0.6 is 0 Å². The van der Waals surface area contributed by atoms with Crippen LogP contribution in [-0.4, -0.2) is 90.3 Å². The summed E-state index contributed by atoms with van der Waals surface area (Å²) in [6.45, 7) is 2.97. The highest BCUT2D eigenvalue weighted by Crippen LogP contribution is 2.38. The molecule has 6 aromatic rings. The molecule has 3 aromatic carbocycles. The van der Waals surface area contributed by atoms with Crippen LogP contribution in [0, 0.1) is 0 Å². The number of nitrogens with one attached hydrogen (secondary N) is 1. The zero-order valence-corrected chi connectivity index (χ0v) is 32.1. The zero-order chi connectivity index (χ0) is 40.2. The Bertz CT molecular complexity index is 2610. The van der Waals surface area contributed by atoms with Gasteiger partial charge in [0, 0.05) is 44.4 Å². The average Bonchev–Trinajstić information content (AvgIpc) is 3.98. The van der Waals surface area contributed by atoms with E-state index in [0.717, 1.165) is 83.1 Å². The van der Waals surface area contributed by atoms with E-state index in [1.807, 2.05) is 71.5 Å². The van der Waals surface area contributed by atoms with Gasteiger partial charge in [0.05, 0.1) is 46.2 Å². The molecule has 3 N–H and O–H groups in total. The van der Waals surface area contributed by atoms with Crippen LogP contribution in [0.25, 0.3) is 22.3 Å². The van der Waals surface area contributed by atoms with Gasteiger partial charge in [-0.2, -0.15) is 10.2 Å². The quantitative estimate of drug-likeness (QED) is 0.194. The smallest absolute Gasteiger partial charge is 0.264 e. The summed E-state index contributed by atoms with van der Waals surface area (Å²) in [5, 5.41) is 12.9. The average molecular weight is 792 g/mol. The second kappa shape index (κ2) is 14.7. The fourth-order valence-corrected chi connectivity index (χ4v) is 8.95. The van der Waals surface area contributed by atoms with Crippen molar-refractivity contribution < 1.29 is 23.9 Å². The Balaban J connectivity index is 0.788. The summed E-state index contributed by atoms with van der Waals surface area (Å²) in [5.41, 5.74) is 11.2. The predicted octanol–water partition coefficient (Wildman–Crippen LogP) is 5.15. The number of carbonyl (C=O) groups is 4. The molecular weight excluding hydrogens is 751 g/mol. The van der Waals surface area contributed by atoms with Crippen molar-refractivity contribution >= 4 is 51.9 Å². The minimum atomic E-state index is -0.999. The molecule has 3 aromatic heterocycles. The fraction of sp³-hybridized carbons (Fsp3) is 0.302. The highest BCUT2D eigenvalue weighted by atomic mass is 16.5. The van der Waals surface area contributed by atoms with Crippen molar-refractivity contribution in [3.05, 3.63) is 103 Å². The molecule has 16 nitrogen and oxygen atoms in total. The number of hydrogen-bond donors (Lipinski definition) is 2. The number of rotatable bonds is 8. The van der Waals surface area contributed by atoms with E-state index < -0.39 is 29.7 Å². The van der Waals surface area contributed by atoms with E-state index >= 15 is 0 Å². The summed E-state index contributed by atoms with van der Waals surface area (Å²) < 4.78 is 10.1. The van der Waals surface area contributed by atoms with Crippen molar-refractivity contribution in [2.45, 2.75) is 56.7 Å². The number of nitrogens with two attached hydrogens (primary N) is 1. The molecule has 298 valence electrons. The summed E-state index contributed by atoms with van der Waals surface area (Å²) in [6, 6.07) is 22.0. The third kappa shape index (κ3) is 6.49. The van der Waals surface area contributed by atoms with Crippen LogP contribution in [0.1, 0.15) is 71.3 Å². The topological polar surface area (TPSA) is 187 Å². The fourth-order valence-electron chi connectivity index (χ4n) is 8.95. The number of amides is 4. The van der Waals surface area contributed by atoms with Crippen LogP contribution in [0.2, 0.25) is 0 Å². The first kappa shape index (κ1) is 36.3. The Morgan fingerprint density at radius 1 is 0.746 bits per heavy atom. The maximum Gasteiger partial charge on any atom is 0.264 e. The summed E-state index contributed by atoms with van der Waals surface area (Å²) in [6.07, 6.45) is 9.07. The normalized spacial score (nSPS) is 19.1. The third-order valence-corrected chi connectivity index (χ3v) is 12.0. The number of fused-ring (bicyclic) bond motifs is 2. The van der Waals surface area contributed by atoms with Crippen LogP contribution < -0.4 is 25.6 Å². The molecule has 0 saturated carbocycles.